The topological polar surface area (TPSA) is 65.2 Å². The summed E-state index contributed by atoms with van der Waals surface area (Å²) < 4.78 is 39.0. The Morgan fingerprint density at radius 2 is 1.77 bits per heavy atom. The van der Waals surface area contributed by atoms with E-state index >= 15 is 0 Å². The van der Waals surface area contributed by atoms with Crippen molar-refractivity contribution >= 4 is 28.4 Å². The first-order valence-electron chi connectivity index (χ1n) is 11.2. The van der Waals surface area contributed by atoms with Gasteiger partial charge in [-0.2, -0.15) is 13.2 Å². The molecule has 5 rings (SSSR count). The Kier molecular flexibility index (Phi) is 5.59. The van der Waals surface area contributed by atoms with Crippen molar-refractivity contribution in [2.24, 2.45) is 0 Å². The van der Waals surface area contributed by atoms with Gasteiger partial charge in [0.15, 0.2) is 0 Å². The molecule has 2 heterocycles. The molecule has 0 saturated heterocycles. The van der Waals surface area contributed by atoms with Crippen molar-refractivity contribution in [3.05, 3.63) is 101 Å². The van der Waals surface area contributed by atoms with Gasteiger partial charge in [-0.15, -0.1) is 0 Å². The van der Waals surface area contributed by atoms with Crippen LogP contribution in [0.4, 0.5) is 18.9 Å². The van der Waals surface area contributed by atoms with Gasteiger partial charge in [-0.25, -0.2) is 0 Å². The molecule has 2 N–H and O–H groups in total. The molecule has 178 valence electrons. The number of H-pyrrole nitrogens is 1. The number of alkyl halides is 3. The summed E-state index contributed by atoms with van der Waals surface area (Å²) in [6.45, 7) is 2.07. The fourth-order valence-electron chi connectivity index (χ4n) is 4.78. The summed E-state index contributed by atoms with van der Waals surface area (Å²) >= 11 is 0. The number of aromatic nitrogens is 1. The monoisotopic (exact) mass is 477 g/mol. The minimum atomic E-state index is -4.50. The second-order valence-electron chi connectivity index (χ2n) is 8.57. The van der Waals surface area contributed by atoms with Gasteiger partial charge in [0.05, 0.1) is 11.6 Å². The van der Waals surface area contributed by atoms with Gasteiger partial charge in [-0.3, -0.25) is 9.59 Å². The predicted molar refractivity (Wildman–Crippen MR) is 127 cm³/mol. The number of carbonyl (C=O) groups is 2. The van der Waals surface area contributed by atoms with Crippen LogP contribution in [0.5, 0.6) is 0 Å². The van der Waals surface area contributed by atoms with Crippen LogP contribution in [0.3, 0.4) is 0 Å². The molecule has 3 aromatic carbocycles. The van der Waals surface area contributed by atoms with Crippen LogP contribution >= 0.6 is 0 Å². The van der Waals surface area contributed by atoms with Gasteiger partial charge in [0, 0.05) is 46.4 Å². The van der Waals surface area contributed by atoms with Gasteiger partial charge < -0.3 is 15.2 Å². The molecule has 8 heteroatoms. The lowest BCUT2D eigenvalue weighted by atomic mass is 9.95. The zero-order chi connectivity index (χ0) is 24.7. The minimum absolute atomic E-state index is 0.0601. The maximum atomic E-state index is 13.3. The lowest BCUT2D eigenvalue weighted by Gasteiger charge is -2.26. The SMILES string of the molecule is Cc1[nH]c2ccccc2c1[C@@H]1c2ccccc2C(=O)N1CCC(=O)Nc1cccc(C(F)(F)F)c1. The van der Waals surface area contributed by atoms with Crippen LogP contribution in [0.2, 0.25) is 0 Å². The molecule has 4 aromatic rings. The van der Waals surface area contributed by atoms with Crippen LogP contribution in [0.15, 0.2) is 72.8 Å². The summed E-state index contributed by atoms with van der Waals surface area (Å²) in [5.41, 5.74) is 3.53. The summed E-state index contributed by atoms with van der Waals surface area (Å²) in [5, 5.41) is 3.52. The summed E-state index contributed by atoms with van der Waals surface area (Å²) in [7, 11) is 0. The van der Waals surface area contributed by atoms with Gasteiger partial charge >= 0.3 is 6.18 Å². The number of anilines is 1. The van der Waals surface area contributed by atoms with E-state index in [0.29, 0.717) is 5.56 Å². The van der Waals surface area contributed by atoms with E-state index in [0.717, 1.165) is 39.9 Å². The van der Waals surface area contributed by atoms with E-state index in [1.165, 1.54) is 12.1 Å². The highest BCUT2D eigenvalue weighted by Gasteiger charge is 2.39. The van der Waals surface area contributed by atoms with Crippen LogP contribution in [-0.2, 0) is 11.0 Å². The molecule has 0 radical (unpaired) electrons. The number of hydrogen-bond acceptors (Lipinski definition) is 2. The molecule has 1 atom stereocenters. The number of benzene rings is 3. The number of aryl methyl sites for hydroxylation is 1. The molecule has 1 aliphatic rings. The third-order valence-electron chi connectivity index (χ3n) is 6.33. The Labute approximate surface area is 199 Å². The van der Waals surface area contributed by atoms with Crippen molar-refractivity contribution < 1.29 is 22.8 Å². The first kappa shape index (κ1) is 22.7. The fraction of sp³-hybridized carbons (Fsp3) is 0.185. The van der Waals surface area contributed by atoms with Crippen LogP contribution in [0.25, 0.3) is 10.9 Å². The predicted octanol–water partition coefficient (Wildman–Crippen LogP) is 6.07. The van der Waals surface area contributed by atoms with Gasteiger partial charge in [0.2, 0.25) is 5.91 Å². The van der Waals surface area contributed by atoms with Crippen molar-refractivity contribution in [2.45, 2.75) is 25.6 Å². The molecule has 0 saturated carbocycles. The Morgan fingerprint density at radius 3 is 2.57 bits per heavy atom. The Morgan fingerprint density at radius 1 is 1.03 bits per heavy atom. The summed E-state index contributed by atoms with van der Waals surface area (Å²) in [6.07, 6.45) is -4.56. The summed E-state index contributed by atoms with van der Waals surface area (Å²) in [5.74, 6) is -0.648. The first-order chi connectivity index (χ1) is 16.7. The largest absolute Gasteiger partial charge is 0.416 e. The van der Waals surface area contributed by atoms with E-state index in [-0.39, 0.29) is 30.6 Å². The molecule has 2 amide bonds. The molecule has 5 nitrogen and oxygen atoms in total. The number of halogens is 3. The number of para-hydroxylation sites is 1. The number of rotatable bonds is 5. The highest BCUT2D eigenvalue weighted by Crippen LogP contribution is 2.42. The molecule has 0 bridgehead atoms. The highest BCUT2D eigenvalue weighted by atomic mass is 19.4. The zero-order valence-corrected chi connectivity index (χ0v) is 18.8. The Bertz CT molecular complexity index is 1440. The average Bonchev–Trinajstić information content (AvgIpc) is 3.30. The van der Waals surface area contributed by atoms with Crippen LogP contribution < -0.4 is 5.32 Å². The number of aromatic amines is 1. The first-order valence-corrected chi connectivity index (χ1v) is 11.2. The van der Waals surface area contributed by atoms with E-state index in [2.05, 4.69) is 10.3 Å². The summed E-state index contributed by atoms with van der Waals surface area (Å²) in [6, 6.07) is 19.3. The number of hydrogen-bond donors (Lipinski definition) is 2. The van der Waals surface area contributed by atoms with Crippen LogP contribution in [-0.4, -0.2) is 28.2 Å². The number of fused-ring (bicyclic) bond motifs is 2. The Hall–Kier alpha value is -4.07. The highest BCUT2D eigenvalue weighted by molar-refractivity contribution is 6.01. The number of nitrogens with zero attached hydrogens (tertiary/aromatic N) is 1. The van der Waals surface area contributed by atoms with E-state index in [1.54, 1.807) is 17.0 Å². The van der Waals surface area contributed by atoms with Crippen molar-refractivity contribution in [1.82, 2.24) is 9.88 Å². The molecule has 0 unspecified atom stereocenters. The lowest BCUT2D eigenvalue weighted by molar-refractivity contribution is -0.137. The van der Waals surface area contributed by atoms with Crippen molar-refractivity contribution in [2.75, 3.05) is 11.9 Å². The number of amides is 2. The molecular weight excluding hydrogens is 455 g/mol. The van der Waals surface area contributed by atoms with Gasteiger partial charge in [0.25, 0.3) is 5.91 Å². The molecule has 1 aromatic heterocycles. The minimum Gasteiger partial charge on any atom is -0.358 e. The third kappa shape index (κ3) is 4.16. The number of carbonyl (C=O) groups excluding carboxylic acids is 2. The molecule has 35 heavy (non-hydrogen) atoms. The van der Waals surface area contributed by atoms with Gasteiger partial charge in [-0.1, -0.05) is 42.5 Å². The van der Waals surface area contributed by atoms with Crippen LogP contribution in [0.1, 0.15) is 45.2 Å². The smallest absolute Gasteiger partial charge is 0.358 e. The standard InChI is InChI=1S/C27H22F3N3O2/c1-16-24(21-11-4-5-12-22(21)31-16)25-19-9-2-3-10-20(19)26(35)33(25)14-13-23(34)32-18-8-6-7-17(15-18)27(28,29)30/h2-12,15,25,31H,13-14H2,1H3,(H,32,34)/t25-/m0/s1. The molecular formula is C27H22F3N3O2. The molecule has 0 aliphatic carbocycles. The molecule has 0 fully saturated rings. The van der Waals surface area contributed by atoms with Gasteiger partial charge in [-0.05, 0) is 42.8 Å². The Balaban J connectivity index is 1.41. The quantitative estimate of drug-likeness (QED) is 0.367. The molecule has 0 spiro atoms. The van der Waals surface area contributed by atoms with Crippen molar-refractivity contribution in [3.63, 3.8) is 0 Å². The lowest BCUT2D eigenvalue weighted by Crippen LogP contribution is -2.32. The zero-order valence-electron chi connectivity index (χ0n) is 18.8. The van der Waals surface area contributed by atoms with Crippen molar-refractivity contribution in [1.29, 1.82) is 0 Å². The second-order valence-corrected chi connectivity index (χ2v) is 8.57. The average molecular weight is 477 g/mol. The van der Waals surface area contributed by atoms with Crippen molar-refractivity contribution in [3.8, 4) is 0 Å². The maximum Gasteiger partial charge on any atom is 0.416 e. The van der Waals surface area contributed by atoms with Crippen LogP contribution in [0, 0.1) is 6.92 Å². The normalized spacial score (nSPS) is 15.5. The van der Waals surface area contributed by atoms with E-state index in [9.17, 15) is 22.8 Å². The van der Waals surface area contributed by atoms with Gasteiger partial charge in [0.1, 0.15) is 0 Å². The second kappa shape index (κ2) is 8.61. The summed E-state index contributed by atoms with van der Waals surface area (Å²) in [4.78, 5) is 31.0. The van der Waals surface area contributed by atoms with E-state index in [4.69, 9.17) is 0 Å². The van der Waals surface area contributed by atoms with E-state index in [1.807, 2.05) is 43.3 Å². The third-order valence-corrected chi connectivity index (χ3v) is 6.33. The fourth-order valence-corrected chi connectivity index (χ4v) is 4.78. The van der Waals surface area contributed by atoms with E-state index < -0.39 is 17.6 Å². The molecule has 1 aliphatic heterocycles. The maximum absolute atomic E-state index is 13.3. The number of nitrogens with one attached hydrogen (secondary N) is 2.